The SMILES string of the molecule is C[C@H]1CN(c2ccc(F)cc2)c2nc3c(c(=O)n(CC(=O)[O-])c(=O)n3C)n2C1. The van der Waals surface area contributed by atoms with Gasteiger partial charge in [0.1, 0.15) is 5.82 Å². The molecular weight excluding hydrogens is 369 g/mol. The number of fused-ring (bicyclic) bond motifs is 3. The number of rotatable bonds is 3. The maximum absolute atomic E-state index is 13.3. The maximum atomic E-state index is 13.3. The molecule has 1 aliphatic rings. The zero-order chi connectivity index (χ0) is 20.2. The van der Waals surface area contributed by atoms with E-state index in [1.54, 1.807) is 16.7 Å². The lowest BCUT2D eigenvalue weighted by molar-refractivity contribution is -0.306. The molecule has 0 unspecified atom stereocenters. The first-order chi connectivity index (χ1) is 13.3. The first-order valence-corrected chi connectivity index (χ1v) is 8.71. The molecule has 0 bridgehead atoms. The van der Waals surface area contributed by atoms with Crippen LogP contribution in [0.1, 0.15) is 6.92 Å². The topological polar surface area (TPSA) is 105 Å². The van der Waals surface area contributed by atoms with E-state index < -0.39 is 23.8 Å². The van der Waals surface area contributed by atoms with E-state index in [-0.39, 0.29) is 22.9 Å². The highest BCUT2D eigenvalue weighted by atomic mass is 19.1. The molecule has 1 aromatic carbocycles. The second-order valence-corrected chi connectivity index (χ2v) is 6.99. The molecule has 0 aliphatic carbocycles. The molecule has 0 N–H and O–H groups in total. The third kappa shape index (κ3) is 2.68. The molecule has 0 radical (unpaired) electrons. The van der Waals surface area contributed by atoms with Gasteiger partial charge in [-0.2, -0.15) is 4.98 Å². The number of aryl methyl sites for hydroxylation is 1. The van der Waals surface area contributed by atoms with E-state index in [0.717, 1.165) is 4.57 Å². The Morgan fingerprint density at radius 3 is 2.57 bits per heavy atom. The molecule has 28 heavy (non-hydrogen) atoms. The predicted molar refractivity (Wildman–Crippen MR) is 96.8 cm³/mol. The fourth-order valence-corrected chi connectivity index (χ4v) is 3.61. The Morgan fingerprint density at radius 2 is 1.93 bits per heavy atom. The van der Waals surface area contributed by atoms with Gasteiger partial charge in [-0.3, -0.25) is 13.9 Å². The molecule has 0 spiro atoms. The zero-order valence-corrected chi connectivity index (χ0v) is 15.3. The lowest BCUT2D eigenvalue weighted by Gasteiger charge is -2.32. The van der Waals surface area contributed by atoms with Crippen LogP contribution in [-0.4, -0.2) is 31.2 Å². The van der Waals surface area contributed by atoms with E-state index in [0.29, 0.717) is 29.3 Å². The molecule has 1 atom stereocenters. The van der Waals surface area contributed by atoms with Gasteiger partial charge in [0.25, 0.3) is 5.56 Å². The van der Waals surface area contributed by atoms with Crippen molar-refractivity contribution in [2.75, 3.05) is 11.4 Å². The number of halogens is 1. The molecule has 2 aromatic heterocycles. The van der Waals surface area contributed by atoms with Gasteiger partial charge in [-0.05, 0) is 30.2 Å². The number of anilines is 2. The zero-order valence-electron chi connectivity index (χ0n) is 15.3. The molecule has 10 heteroatoms. The predicted octanol–water partition coefficient (Wildman–Crippen LogP) is -0.426. The van der Waals surface area contributed by atoms with Crippen molar-refractivity contribution >= 4 is 28.8 Å². The largest absolute Gasteiger partial charge is 0.548 e. The summed E-state index contributed by atoms with van der Waals surface area (Å²) in [5, 5.41) is 11.0. The summed E-state index contributed by atoms with van der Waals surface area (Å²) in [6.07, 6.45) is 0. The van der Waals surface area contributed by atoms with Crippen molar-refractivity contribution in [3.8, 4) is 0 Å². The lowest BCUT2D eigenvalue weighted by Crippen LogP contribution is -2.44. The van der Waals surface area contributed by atoms with Crippen LogP contribution in [0.15, 0.2) is 33.9 Å². The number of imidazole rings is 1. The highest BCUT2D eigenvalue weighted by Gasteiger charge is 2.29. The van der Waals surface area contributed by atoms with Gasteiger partial charge in [-0.1, -0.05) is 6.92 Å². The second-order valence-electron chi connectivity index (χ2n) is 6.99. The third-order valence-electron chi connectivity index (χ3n) is 4.87. The number of hydrogen-bond acceptors (Lipinski definition) is 6. The van der Waals surface area contributed by atoms with Crippen molar-refractivity contribution in [1.82, 2.24) is 18.7 Å². The highest BCUT2D eigenvalue weighted by Crippen LogP contribution is 2.32. The number of aliphatic carboxylic acids is 1. The Bertz CT molecular complexity index is 1210. The van der Waals surface area contributed by atoms with E-state index in [4.69, 9.17) is 0 Å². The summed E-state index contributed by atoms with van der Waals surface area (Å²) in [5.74, 6) is -1.33. The fourth-order valence-electron chi connectivity index (χ4n) is 3.61. The van der Waals surface area contributed by atoms with Crippen molar-refractivity contribution in [2.45, 2.75) is 20.0 Å². The first-order valence-electron chi connectivity index (χ1n) is 8.71. The number of carboxylic acid groups (broad SMARTS) is 1. The van der Waals surface area contributed by atoms with Gasteiger partial charge in [-0.15, -0.1) is 0 Å². The van der Waals surface area contributed by atoms with E-state index >= 15 is 0 Å². The van der Waals surface area contributed by atoms with Crippen molar-refractivity contribution < 1.29 is 14.3 Å². The van der Waals surface area contributed by atoms with Crippen molar-refractivity contribution in [2.24, 2.45) is 13.0 Å². The van der Waals surface area contributed by atoms with E-state index in [2.05, 4.69) is 4.98 Å². The summed E-state index contributed by atoms with van der Waals surface area (Å²) >= 11 is 0. The summed E-state index contributed by atoms with van der Waals surface area (Å²) in [5.41, 5.74) is -0.491. The number of aromatic nitrogens is 4. The third-order valence-corrected chi connectivity index (χ3v) is 4.87. The van der Waals surface area contributed by atoms with E-state index in [9.17, 15) is 23.9 Å². The molecule has 146 valence electrons. The number of carboxylic acids is 1. The molecule has 4 rings (SSSR count). The Balaban J connectivity index is 2.00. The number of carbonyl (C=O) groups excluding carboxylic acids is 1. The molecule has 0 saturated carbocycles. The van der Waals surface area contributed by atoms with Crippen molar-refractivity contribution in [3.05, 3.63) is 50.9 Å². The Morgan fingerprint density at radius 1 is 1.25 bits per heavy atom. The van der Waals surface area contributed by atoms with Gasteiger partial charge < -0.3 is 19.4 Å². The Labute approximate surface area is 157 Å². The Hall–Kier alpha value is -3.43. The van der Waals surface area contributed by atoms with Gasteiger partial charge in [0, 0.05) is 25.8 Å². The van der Waals surface area contributed by atoms with E-state index in [1.165, 1.54) is 19.2 Å². The summed E-state index contributed by atoms with van der Waals surface area (Å²) in [6.45, 7) is 2.23. The smallest absolute Gasteiger partial charge is 0.332 e. The summed E-state index contributed by atoms with van der Waals surface area (Å²) in [7, 11) is 1.43. The number of hydrogen-bond donors (Lipinski definition) is 0. The summed E-state index contributed by atoms with van der Waals surface area (Å²) in [6, 6.07) is 5.91. The quantitative estimate of drug-likeness (QED) is 0.605. The average Bonchev–Trinajstić information content (AvgIpc) is 3.03. The number of benzene rings is 1. The standard InChI is InChI=1S/C18H18FN5O4/c1-10-7-22(12-5-3-11(19)4-6-12)17-20-15-14(23(17)8-10)16(27)24(9-13(25)26)18(28)21(15)2/h3-6,10H,7-9H2,1-2H3,(H,25,26)/p-1/t10-/m0/s1. The molecule has 0 fully saturated rings. The minimum Gasteiger partial charge on any atom is -0.548 e. The van der Waals surface area contributed by atoms with Crippen molar-refractivity contribution in [3.63, 3.8) is 0 Å². The molecular formula is C18H17FN5O4-. The lowest BCUT2D eigenvalue weighted by atomic mass is 10.1. The van der Waals surface area contributed by atoms with Crippen molar-refractivity contribution in [1.29, 1.82) is 0 Å². The summed E-state index contributed by atoms with van der Waals surface area (Å²) in [4.78, 5) is 42.7. The van der Waals surface area contributed by atoms with Crippen LogP contribution in [0.25, 0.3) is 11.2 Å². The average molecular weight is 386 g/mol. The number of carbonyl (C=O) groups is 1. The van der Waals surface area contributed by atoms with Crippen LogP contribution in [-0.2, 0) is 24.9 Å². The summed E-state index contributed by atoms with van der Waals surface area (Å²) < 4.78 is 16.8. The van der Waals surface area contributed by atoms with Crippen LogP contribution in [0.4, 0.5) is 16.0 Å². The highest BCUT2D eigenvalue weighted by molar-refractivity contribution is 5.77. The van der Waals surface area contributed by atoms with Gasteiger partial charge in [0.2, 0.25) is 5.95 Å². The monoisotopic (exact) mass is 386 g/mol. The second kappa shape index (κ2) is 6.32. The molecule has 0 saturated heterocycles. The van der Waals surface area contributed by atoms with Gasteiger partial charge in [0.15, 0.2) is 11.2 Å². The minimum atomic E-state index is -1.53. The molecule has 3 heterocycles. The van der Waals surface area contributed by atoms with Crippen LogP contribution < -0.4 is 21.3 Å². The van der Waals surface area contributed by atoms with E-state index in [1.807, 2.05) is 11.8 Å². The Kier molecular flexibility index (Phi) is 4.06. The number of nitrogens with zero attached hydrogens (tertiary/aromatic N) is 5. The molecule has 0 amide bonds. The maximum Gasteiger partial charge on any atom is 0.332 e. The van der Waals surface area contributed by atoms with Gasteiger partial charge in [-0.25, -0.2) is 9.18 Å². The molecule has 1 aliphatic heterocycles. The minimum absolute atomic E-state index is 0.126. The van der Waals surface area contributed by atoms with Gasteiger partial charge in [0.05, 0.1) is 12.5 Å². The van der Waals surface area contributed by atoms with Crippen LogP contribution in [0.2, 0.25) is 0 Å². The van der Waals surface area contributed by atoms with Crippen LogP contribution in [0, 0.1) is 11.7 Å². The first kappa shape index (κ1) is 18.0. The van der Waals surface area contributed by atoms with Crippen LogP contribution in [0.5, 0.6) is 0 Å². The fraction of sp³-hybridized carbons (Fsp3) is 0.333. The molecule has 9 nitrogen and oxygen atoms in total. The van der Waals surface area contributed by atoms with Crippen LogP contribution in [0.3, 0.4) is 0 Å². The van der Waals surface area contributed by atoms with Gasteiger partial charge >= 0.3 is 5.69 Å². The molecule has 3 aromatic rings. The van der Waals surface area contributed by atoms with Crippen LogP contribution >= 0.6 is 0 Å². The normalized spacial score (nSPS) is 16.4.